The Morgan fingerprint density at radius 3 is 1.78 bits per heavy atom. The summed E-state index contributed by atoms with van der Waals surface area (Å²) in [6.07, 6.45) is -8.71. The standard InChI is InChI=1S/C15H9ClF3NO3.C14H9ClF3NO2.C6H13N4/c16-12-5-8(4-9(7-21)13(12)22)14(23)20-11-3-1-2-10(6-11)15(17,18)19;15-11-6-8(4-5-12(11)20)13(21)19-10-3-1-2-9(7-10)14(16,17)18;1-7-2-10-4-8(1)3-9(5-10)6-10/h1-7,22H,(H,20,23);1-7,20H,(H,19,21);7H,1-6H2/q;;+1. The maximum Gasteiger partial charge on any atom is 0.416 e. The van der Waals surface area contributed by atoms with Crippen molar-refractivity contribution in [2.45, 2.75) is 12.4 Å². The van der Waals surface area contributed by atoms with Crippen LogP contribution in [0.25, 0.3) is 0 Å². The summed E-state index contributed by atoms with van der Waals surface area (Å²) in [5.41, 5.74) is -1.98. The summed E-state index contributed by atoms with van der Waals surface area (Å²) in [6, 6.07) is 14.3. The molecule has 4 aliphatic heterocycles. The summed E-state index contributed by atoms with van der Waals surface area (Å²) in [6.45, 7) is 7.31. The molecule has 54 heavy (non-hydrogen) atoms. The number of carbonyl (C=O) groups excluding carboxylic acids is 3. The Hall–Kier alpha value is -4.91. The molecule has 1 atom stereocenters. The molecular formula is C35H31Cl2F6N6O5+. The average molecular weight is 801 g/mol. The van der Waals surface area contributed by atoms with Gasteiger partial charge in [0.2, 0.25) is 0 Å². The van der Waals surface area contributed by atoms with Crippen molar-refractivity contribution in [3.8, 4) is 11.5 Å². The monoisotopic (exact) mass is 799 g/mol. The van der Waals surface area contributed by atoms with Gasteiger partial charge in [0.25, 0.3) is 11.8 Å². The maximum atomic E-state index is 12.6. The molecular weight excluding hydrogens is 769 g/mol. The van der Waals surface area contributed by atoms with Gasteiger partial charge in [0, 0.05) is 22.5 Å². The van der Waals surface area contributed by atoms with Gasteiger partial charge in [-0.25, -0.2) is 4.90 Å². The summed E-state index contributed by atoms with van der Waals surface area (Å²) in [7, 11) is 0. The SMILES string of the molecule is C1NC[N+]23CN1CN(C2)C3.O=C(Nc1cccc(C(F)(F)F)c1)c1ccc(O)c(Cl)c1.O=Cc1cc(C(=O)Nc2cccc(C(F)(F)F)c2)cc(Cl)c1O. The Balaban J connectivity index is 0.000000166. The van der Waals surface area contributed by atoms with E-state index in [2.05, 4.69) is 25.8 Å². The maximum absolute atomic E-state index is 12.6. The number of aldehydes is 1. The van der Waals surface area contributed by atoms with Gasteiger partial charge in [-0.3, -0.25) is 24.2 Å². The third-order valence-corrected chi connectivity index (χ3v) is 8.86. The van der Waals surface area contributed by atoms with Crippen molar-refractivity contribution in [1.29, 1.82) is 0 Å². The molecule has 3 bridgehead atoms. The van der Waals surface area contributed by atoms with Gasteiger partial charge < -0.3 is 20.8 Å². The molecule has 286 valence electrons. The molecule has 1 unspecified atom stereocenters. The molecule has 0 aliphatic carbocycles. The fraction of sp³-hybridized carbons (Fsp3) is 0.229. The first-order valence-electron chi connectivity index (χ1n) is 15.8. The number of nitrogens with one attached hydrogen (secondary N) is 3. The van der Waals surface area contributed by atoms with E-state index >= 15 is 0 Å². The molecule has 4 heterocycles. The van der Waals surface area contributed by atoms with Crippen molar-refractivity contribution >= 4 is 52.7 Å². The molecule has 0 saturated carbocycles. The number of benzene rings is 4. The Morgan fingerprint density at radius 2 is 1.28 bits per heavy atom. The number of amides is 2. The van der Waals surface area contributed by atoms with Crippen molar-refractivity contribution in [1.82, 2.24) is 15.1 Å². The van der Waals surface area contributed by atoms with Crippen LogP contribution in [0, 0.1) is 0 Å². The van der Waals surface area contributed by atoms with Gasteiger partial charge in [0.15, 0.2) is 6.29 Å². The second-order valence-electron chi connectivity index (χ2n) is 12.6. The minimum absolute atomic E-state index is 0.0130. The molecule has 4 fully saturated rings. The lowest BCUT2D eigenvalue weighted by molar-refractivity contribution is -1.02. The van der Waals surface area contributed by atoms with Crippen LogP contribution in [0.3, 0.4) is 0 Å². The number of nitrogens with zero attached hydrogens (tertiary/aromatic N) is 3. The third-order valence-electron chi connectivity index (χ3n) is 8.27. The van der Waals surface area contributed by atoms with Crippen molar-refractivity contribution < 1.29 is 55.4 Å². The highest BCUT2D eigenvalue weighted by molar-refractivity contribution is 6.33. The highest BCUT2D eigenvalue weighted by atomic mass is 35.5. The number of hydrogen-bond donors (Lipinski definition) is 5. The van der Waals surface area contributed by atoms with Gasteiger partial charge in [-0.2, -0.15) is 31.2 Å². The molecule has 11 nitrogen and oxygen atoms in total. The number of carbonyl (C=O) groups is 3. The zero-order valence-electron chi connectivity index (χ0n) is 27.8. The summed E-state index contributed by atoms with van der Waals surface area (Å²) in [5, 5.41) is 26.6. The van der Waals surface area contributed by atoms with Crippen molar-refractivity contribution in [2.24, 2.45) is 0 Å². The van der Waals surface area contributed by atoms with Crippen LogP contribution in [0.15, 0.2) is 78.9 Å². The van der Waals surface area contributed by atoms with E-state index in [9.17, 15) is 50.9 Å². The van der Waals surface area contributed by atoms with E-state index in [1.807, 2.05) is 0 Å². The van der Waals surface area contributed by atoms with Gasteiger partial charge in [-0.1, -0.05) is 35.3 Å². The fourth-order valence-corrected chi connectivity index (χ4v) is 6.28. The third kappa shape index (κ3) is 9.99. The highest BCUT2D eigenvalue weighted by Gasteiger charge is 2.50. The Labute approximate surface area is 313 Å². The summed E-state index contributed by atoms with van der Waals surface area (Å²) in [5.74, 6) is -2.06. The number of phenolic OH excluding ortho intramolecular Hbond substituents is 2. The lowest BCUT2D eigenvalue weighted by Crippen LogP contribution is -2.82. The number of anilines is 2. The van der Waals surface area contributed by atoms with E-state index in [1.165, 1.54) is 74.2 Å². The molecule has 8 rings (SSSR count). The Morgan fingerprint density at radius 1 is 0.741 bits per heavy atom. The second-order valence-corrected chi connectivity index (χ2v) is 13.4. The van der Waals surface area contributed by atoms with Crippen molar-refractivity contribution in [3.63, 3.8) is 0 Å². The molecule has 4 aromatic carbocycles. The summed E-state index contributed by atoms with van der Waals surface area (Å²) < 4.78 is 76.9. The van der Waals surface area contributed by atoms with Crippen LogP contribution in [-0.4, -0.2) is 82.6 Å². The van der Waals surface area contributed by atoms with Crippen LogP contribution in [0.5, 0.6) is 11.5 Å². The van der Waals surface area contributed by atoms with E-state index in [-0.39, 0.29) is 43.9 Å². The molecule has 2 amide bonds. The zero-order valence-corrected chi connectivity index (χ0v) is 29.3. The van der Waals surface area contributed by atoms with Gasteiger partial charge in [-0.05, 0) is 66.7 Å². The first kappa shape index (κ1) is 40.3. The van der Waals surface area contributed by atoms with Crippen molar-refractivity contribution in [2.75, 3.05) is 50.6 Å². The van der Waals surface area contributed by atoms with Gasteiger partial charge in [0.05, 0.1) is 40.1 Å². The zero-order chi connectivity index (χ0) is 39.4. The molecule has 4 aliphatic rings. The Kier molecular flexibility index (Phi) is 12.1. The lowest BCUT2D eigenvalue weighted by Gasteiger charge is -2.61. The number of quaternary nitrogens is 1. The Bertz CT molecular complexity index is 2040. The van der Waals surface area contributed by atoms with Crippen LogP contribution in [0.2, 0.25) is 10.0 Å². The predicted molar refractivity (Wildman–Crippen MR) is 187 cm³/mol. The van der Waals surface area contributed by atoms with Crippen LogP contribution in [0.1, 0.15) is 42.2 Å². The van der Waals surface area contributed by atoms with Crippen LogP contribution < -0.4 is 16.0 Å². The predicted octanol–water partition coefficient (Wildman–Crippen LogP) is 7.23. The summed E-state index contributed by atoms with van der Waals surface area (Å²) in [4.78, 5) is 39.7. The number of phenols is 2. The first-order chi connectivity index (χ1) is 25.4. The molecule has 5 N–H and O–H groups in total. The van der Waals surface area contributed by atoms with Gasteiger partial charge in [0.1, 0.15) is 38.2 Å². The molecule has 1 spiro atoms. The number of rotatable bonds is 5. The minimum Gasteiger partial charge on any atom is -0.506 e. The van der Waals surface area contributed by atoms with Gasteiger partial charge >= 0.3 is 12.4 Å². The number of aromatic hydroxyl groups is 2. The molecule has 0 aromatic heterocycles. The van der Waals surface area contributed by atoms with E-state index in [0.717, 1.165) is 49.1 Å². The van der Waals surface area contributed by atoms with Crippen LogP contribution >= 0.6 is 23.2 Å². The van der Waals surface area contributed by atoms with E-state index in [4.69, 9.17) is 23.2 Å². The van der Waals surface area contributed by atoms with E-state index in [0.29, 0.717) is 6.29 Å². The number of alkyl halides is 6. The van der Waals surface area contributed by atoms with Crippen LogP contribution in [-0.2, 0) is 12.4 Å². The summed E-state index contributed by atoms with van der Waals surface area (Å²) >= 11 is 11.4. The van der Waals surface area contributed by atoms with E-state index < -0.39 is 41.0 Å². The molecule has 0 radical (unpaired) electrons. The van der Waals surface area contributed by atoms with Gasteiger partial charge in [-0.15, -0.1) is 0 Å². The molecule has 19 heteroatoms. The molecule has 4 saturated heterocycles. The smallest absolute Gasteiger partial charge is 0.416 e. The average Bonchev–Trinajstić information content (AvgIpc) is 3.10. The highest BCUT2D eigenvalue weighted by Crippen LogP contribution is 2.33. The topological polar surface area (TPSA) is 134 Å². The van der Waals surface area contributed by atoms with Crippen molar-refractivity contribution in [3.05, 3.63) is 117 Å². The largest absolute Gasteiger partial charge is 0.506 e. The van der Waals surface area contributed by atoms with Crippen LogP contribution in [0.4, 0.5) is 37.7 Å². The van der Waals surface area contributed by atoms with E-state index in [1.54, 1.807) is 0 Å². The fourth-order valence-electron chi connectivity index (χ4n) is 5.88. The second kappa shape index (κ2) is 16.2. The normalized spacial score (nSPS) is 19.8. The first-order valence-corrected chi connectivity index (χ1v) is 16.6. The number of halogens is 8. The number of hydrogen-bond acceptors (Lipinski definition) is 8. The lowest BCUT2D eigenvalue weighted by atomic mass is 10.1. The molecule has 4 aromatic rings. The minimum atomic E-state index is -4.53. The quantitative estimate of drug-likeness (QED) is 0.0812.